The summed E-state index contributed by atoms with van der Waals surface area (Å²) in [6.07, 6.45) is 2.56. The van der Waals surface area contributed by atoms with Crippen LogP contribution < -0.4 is 5.32 Å². The molecule has 0 aliphatic heterocycles. The van der Waals surface area contributed by atoms with Gasteiger partial charge in [0.05, 0.1) is 0 Å². The van der Waals surface area contributed by atoms with Gasteiger partial charge in [0, 0.05) is 65.4 Å². The Balaban J connectivity index is -0.000000245. The summed E-state index contributed by atoms with van der Waals surface area (Å²) in [5.74, 6) is -0.0446. The largest absolute Gasteiger partial charge is 0.424 e. The molecule has 0 heterocycles. The van der Waals surface area contributed by atoms with E-state index >= 15 is 0 Å². The van der Waals surface area contributed by atoms with Gasteiger partial charge in [0.2, 0.25) is 0 Å². The molecule has 2 nitrogen and oxygen atoms in total. The molecule has 0 unspecified atom stereocenters. The second-order valence-electron chi connectivity index (χ2n) is 1.56. The van der Waals surface area contributed by atoms with Gasteiger partial charge in [-0.1, -0.05) is 6.92 Å². The molecule has 0 spiro atoms. The van der Waals surface area contributed by atoms with Gasteiger partial charge >= 0.3 is 0 Å². The smallest absolute Gasteiger partial charge is 0 e. The van der Waals surface area contributed by atoms with E-state index in [1.807, 2.05) is 0 Å². The molecule has 4 heteroatoms. The van der Waals surface area contributed by atoms with Gasteiger partial charge in [0.1, 0.15) is 0 Å². The first kappa shape index (κ1) is 17.5. The van der Waals surface area contributed by atoms with Gasteiger partial charge in [-0.05, 0) is 19.8 Å². The number of hydrogen-bond donors (Lipinski definition) is 1. The van der Waals surface area contributed by atoms with Gasteiger partial charge in [-0.25, -0.2) is 0 Å². The van der Waals surface area contributed by atoms with Crippen LogP contribution in [0.5, 0.6) is 0 Å². The minimum Gasteiger partial charge on any atom is -0.424 e. The normalized spacial score (nSPS) is 8.90. The minimum absolute atomic E-state index is 0. The number of ketones is 1. The third-order valence-corrected chi connectivity index (χ3v) is 0.739. The van der Waals surface area contributed by atoms with E-state index in [0.717, 1.165) is 5.70 Å². The Morgan fingerprint density at radius 2 is 1.70 bits per heavy atom. The van der Waals surface area contributed by atoms with E-state index < -0.39 is 0 Å². The van der Waals surface area contributed by atoms with E-state index in [1.165, 1.54) is 6.92 Å². The van der Waals surface area contributed by atoms with E-state index in [4.69, 9.17) is 0 Å². The van der Waals surface area contributed by atoms with Crippen LogP contribution in [0.15, 0.2) is 5.70 Å². The van der Waals surface area contributed by atoms with Crippen LogP contribution in [0.25, 0.3) is 0 Å². The number of rotatable bonds is 2. The van der Waals surface area contributed by atoms with Crippen molar-refractivity contribution >= 4 is 5.78 Å². The predicted octanol–water partition coefficient (Wildman–Crippen LogP) is 0.497. The molecule has 0 amide bonds. The molecule has 0 bridgehead atoms. The van der Waals surface area contributed by atoms with Crippen LogP contribution >= 0.6 is 0 Å². The van der Waals surface area contributed by atoms with Crippen molar-refractivity contribution in [2.45, 2.75) is 13.8 Å². The maximum absolute atomic E-state index is 10.2. The number of nitrogens with one attached hydrogen (secondary N) is 1. The summed E-state index contributed by atoms with van der Waals surface area (Å²) < 4.78 is 0. The average Bonchev–Trinajstić information content (AvgIpc) is 1.65. The van der Waals surface area contributed by atoms with E-state index in [0.29, 0.717) is 0 Å². The third kappa shape index (κ3) is 12.1. The first-order chi connectivity index (χ1) is 3.66. The molecule has 0 aromatic rings. The van der Waals surface area contributed by atoms with Crippen LogP contribution in [0.3, 0.4) is 0 Å². The van der Waals surface area contributed by atoms with Crippen LogP contribution in [0.2, 0.25) is 0 Å². The Kier molecular flexibility index (Phi) is 18.2. The zero-order chi connectivity index (χ0) is 6.57. The molecule has 1 N–H and O–H groups in total. The fourth-order valence-corrected chi connectivity index (χ4v) is 0.327. The Morgan fingerprint density at radius 1 is 1.30 bits per heavy atom. The van der Waals surface area contributed by atoms with E-state index in [2.05, 4.69) is 11.4 Å². The van der Waals surface area contributed by atoms with Crippen LogP contribution in [-0.2, 0) is 70.2 Å². The van der Waals surface area contributed by atoms with Crippen molar-refractivity contribution in [2.75, 3.05) is 7.05 Å². The third-order valence-electron chi connectivity index (χ3n) is 0.739. The second kappa shape index (κ2) is 10.4. The first-order valence-corrected chi connectivity index (χ1v) is 2.45. The quantitative estimate of drug-likeness (QED) is 0.592. The van der Waals surface area contributed by atoms with Gasteiger partial charge in [0.25, 0.3) is 0 Å². The molecule has 10 heavy (non-hydrogen) atoms. The van der Waals surface area contributed by atoms with Crippen LogP contribution in [0.1, 0.15) is 13.8 Å². The molecular formula is C6H10NOY2-. The summed E-state index contributed by atoms with van der Waals surface area (Å²) >= 11 is 0. The molecule has 0 rings (SSSR count). The molecular weight excluding hydrogens is 280 g/mol. The second-order valence-corrected chi connectivity index (χ2v) is 1.56. The Morgan fingerprint density at radius 3 is 1.80 bits per heavy atom. The van der Waals surface area contributed by atoms with Crippen LogP contribution in [0.4, 0.5) is 0 Å². The van der Waals surface area contributed by atoms with Crippen molar-refractivity contribution in [3.05, 3.63) is 11.8 Å². The molecule has 0 atom stereocenters. The molecule has 0 aromatic heterocycles. The van der Waals surface area contributed by atoms with Crippen molar-refractivity contribution in [3.8, 4) is 0 Å². The number of hydrogen-bond acceptors (Lipinski definition) is 2. The zero-order valence-corrected chi connectivity index (χ0v) is 12.2. The fourth-order valence-electron chi connectivity index (χ4n) is 0.327. The van der Waals surface area contributed by atoms with E-state index in [-0.39, 0.29) is 71.2 Å². The van der Waals surface area contributed by atoms with Gasteiger partial charge in [-0.2, -0.15) is 5.70 Å². The van der Waals surface area contributed by atoms with Crippen molar-refractivity contribution in [1.29, 1.82) is 0 Å². The van der Waals surface area contributed by atoms with E-state index in [1.54, 1.807) is 14.0 Å². The number of carbonyl (C=O) groups is 1. The molecule has 0 saturated heterocycles. The van der Waals surface area contributed by atoms with Gasteiger partial charge < -0.3 is 16.2 Å². The molecule has 0 saturated carbocycles. The molecule has 0 aliphatic rings. The SMILES string of the molecule is CNC(C)=[C-]C(C)=O.[Y].[Y]. The van der Waals surface area contributed by atoms with Crippen LogP contribution in [-0.4, -0.2) is 12.8 Å². The number of Topliss-reactive ketones (excluding diaryl/α,β-unsaturated/α-hetero) is 1. The van der Waals surface area contributed by atoms with Crippen molar-refractivity contribution in [3.63, 3.8) is 0 Å². The maximum atomic E-state index is 10.2. The molecule has 52 valence electrons. The van der Waals surface area contributed by atoms with Crippen LogP contribution in [0, 0.1) is 6.08 Å². The standard InChI is InChI=1S/C6H10NO.2Y/c1-5(7-3)4-6(2)8;;/h7H,1-3H3;;/q-1;;. The minimum atomic E-state index is -0.0446. The maximum Gasteiger partial charge on any atom is 0 e. The zero-order valence-electron chi connectivity index (χ0n) is 6.56. The average molecular weight is 290 g/mol. The van der Waals surface area contributed by atoms with Gasteiger partial charge in [0.15, 0.2) is 0 Å². The number of carbonyl (C=O) groups excluding carboxylic acids is 1. The Bertz CT molecular complexity index is 123. The molecule has 0 aromatic carbocycles. The summed E-state index contributed by atoms with van der Waals surface area (Å²) in [7, 11) is 1.76. The summed E-state index contributed by atoms with van der Waals surface area (Å²) in [4.78, 5) is 10.2. The first-order valence-electron chi connectivity index (χ1n) is 2.45. The van der Waals surface area contributed by atoms with Crippen molar-refractivity contribution in [1.82, 2.24) is 5.32 Å². The molecule has 0 fully saturated rings. The summed E-state index contributed by atoms with van der Waals surface area (Å²) in [5, 5.41) is 2.78. The summed E-state index contributed by atoms with van der Waals surface area (Å²) in [6, 6.07) is 0. The fraction of sp³-hybridized carbons (Fsp3) is 0.500. The topological polar surface area (TPSA) is 29.1 Å². The summed E-state index contributed by atoms with van der Waals surface area (Å²) in [6.45, 7) is 3.27. The van der Waals surface area contributed by atoms with Gasteiger partial charge in [-0.3, -0.25) is 0 Å². The number of allylic oxidation sites excluding steroid dienone is 2. The molecule has 0 aliphatic carbocycles. The monoisotopic (exact) mass is 290 g/mol. The Labute approximate surface area is 112 Å². The van der Waals surface area contributed by atoms with Crippen molar-refractivity contribution < 1.29 is 70.2 Å². The van der Waals surface area contributed by atoms with Gasteiger partial charge in [-0.15, -0.1) is 0 Å². The Hall–Kier alpha value is 1.42. The summed E-state index contributed by atoms with van der Waals surface area (Å²) in [5.41, 5.74) is 0.775. The van der Waals surface area contributed by atoms with Crippen molar-refractivity contribution in [2.24, 2.45) is 0 Å². The molecule has 2 radical (unpaired) electrons. The predicted molar refractivity (Wildman–Crippen MR) is 32.2 cm³/mol. The van der Waals surface area contributed by atoms with E-state index in [9.17, 15) is 4.79 Å².